The summed E-state index contributed by atoms with van der Waals surface area (Å²) in [6.45, 7) is -0.155. The molecule has 272 valence electrons. The van der Waals surface area contributed by atoms with Crippen LogP contribution in [0.5, 0.6) is 0 Å². The molecule has 4 N–H and O–H groups in total. The first-order chi connectivity index (χ1) is 23.9. The van der Waals surface area contributed by atoms with Crippen LogP contribution in [0.4, 0.5) is 32.6 Å². The zero-order chi connectivity index (χ0) is 37.7. The summed E-state index contributed by atoms with van der Waals surface area (Å²) in [6, 6.07) is 8.67. The number of guanidine groups is 1. The maximum Gasteiger partial charge on any atom is 0.469 e. The molecule has 4 rings (SSSR count). The molecule has 4 aromatic rings. The Balaban J connectivity index is 1.60. The lowest BCUT2D eigenvalue weighted by atomic mass is 10.1. The van der Waals surface area contributed by atoms with E-state index < -0.39 is 80.1 Å². The predicted molar refractivity (Wildman–Crippen MR) is 166 cm³/mol. The number of amides is 1. The van der Waals surface area contributed by atoms with Gasteiger partial charge in [-0.25, -0.2) is 22.9 Å². The molecule has 51 heavy (non-hydrogen) atoms. The standard InChI is InChI=1S/C30H27F5N5O10P/c1-16(13-47-2)39(28(36)37-26(41)19-7-10-22(31)23(32)11-19)25-21-9-8-20(30(33,34)35)12-24(21)40(38-25)29(43)49-15-48-27(42)18-5-3-17(4-6-18)14-50-51(44,45)46/h3-12,16H,13-15H2,1-2H3,(H2,36,37,41)(H2,44,45,46). The molecule has 0 saturated carbocycles. The van der Waals surface area contributed by atoms with Crippen molar-refractivity contribution in [3.05, 3.63) is 94.6 Å². The van der Waals surface area contributed by atoms with Crippen molar-refractivity contribution in [2.45, 2.75) is 25.7 Å². The van der Waals surface area contributed by atoms with Gasteiger partial charge in [0.05, 0.1) is 35.9 Å². The average molecular weight is 744 g/mol. The molecule has 1 atom stereocenters. The van der Waals surface area contributed by atoms with E-state index in [0.717, 1.165) is 17.0 Å². The summed E-state index contributed by atoms with van der Waals surface area (Å²) < 4.78 is 98.9. The summed E-state index contributed by atoms with van der Waals surface area (Å²) in [5, 5.41) is 14.8. The fourth-order valence-electron chi connectivity index (χ4n) is 4.49. The van der Waals surface area contributed by atoms with E-state index in [1.54, 1.807) is 0 Å². The van der Waals surface area contributed by atoms with E-state index in [2.05, 4.69) is 14.9 Å². The van der Waals surface area contributed by atoms with Gasteiger partial charge in [-0.05, 0) is 61.0 Å². The van der Waals surface area contributed by atoms with E-state index in [9.17, 15) is 40.9 Å². The number of ether oxygens (including phenoxy) is 3. The fourth-order valence-corrected chi connectivity index (χ4v) is 4.81. The number of benzene rings is 3. The first-order valence-corrected chi connectivity index (χ1v) is 15.8. The first kappa shape index (κ1) is 38.5. The van der Waals surface area contributed by atoms with Crippen LogP contribution in [0.1, 0.15) is 38.8 Å². The van der Waals surface area contributed by atoms with E-state index in [-0.39, 0.29) is 28.9 Å². The van der Waals surface area contributed by atoms with Gasteiger partial charge in [-0.15, -0.1) is 5.10 Å². The maximum atomic E-state index is 13.8. The number of carbonyl (C=O) groups is 3. The molecule has 0 radical (unpaired) electrons. The average Bonchev–Trinajstić information content (AvgIpc) is 3.43. The quantitative estimate of drug-likeness (QED) is 0.0403. The SMILES string of the molecule is COCC(C)N(C(=N)NC(=O)c1ccc(F)c(F)c1)c1nn(C(=O)OCOC(=O)c2ccc(COP(=O)(O)O)cc2)c2cc(C(F)(F)F)ccc12. The van der Waals surface area contributed by atoms with Crippen LogP contribution in [-0.4, -0.2) is 70.0 Å². The molecule has 1 unspecified atom stereocenters. The summed E-state index contributed by atoms with van der Waals surface area (Å²) in [5.74, 6) is -5.69. The number of carbonyl (C=O) groups excluding carboxylic acids is 3. The Kier molecular flexibility index (Phi) is 11.9. The summed E-state index contributed by atoms with van der Waals surface area (Å²) in [6.07, 6.45) is -6.28. The molecule has 0 saturated heterocycles. The predicted octanol–water partition coefficient (Wildman–Crippen LogP) is 4.95. The Hall–Kier alpha value is -5.27. The largest absolute Gasteiger partial charge is 0.469 e. The third-order valence-electron chi connectivity index (χ3n) is 6.85. The number of fused-ring (bicyclic) bond motifs is 1. The Bertz CT molecular complexity index is 2000. The second-order valence-electron chi connectivity index (χ2n) is 10.5. The number of esters is 1. The summed E-state index contributed by atoms with van der Waals surface area (Å²) in [7, 11) is -3.43. The van der Waals surface area contributed by atoms with Gasteiger partial charge >= 0.3 is 26.1 Å². The highest BCUT2D eigenvalue weighted by Gasteiger charge is 2.34. The van der Waals surface area contributed by atoms with Crippen molar-refractivity contribution in [3.8, 4) is 0 Å². The highest BCUT2D eigenvalue weighted by atomic mass is 31.2. The van der Waals surface area contributed by atoms with Crippen molar-refractivity contribution in [1.82, 2.24) is 15.1 Å². The van der Waals surface area contributed by atoms with E-state index in [0.29, 0.717) is 34.5 Å². The number of alkyl halides is 3. The van der Waals surface area contributed by atoms with Crippen LogP contribution < -0.4 is 10.2 Å². The number of hydrogen-bond donors (Lipinski definition) is 4. The van der Waals surface area contributed by atoms with Gasteiger partial charge in [-0.3, -0.25) is 24.9 Å². The molecule has 1 aromatic heterocycles. The number of nitrogens with one attached hydrogen (secondary N) is 2. The fraction of sp³-hybridized carbons (Fsp3) is 0.233. The number of nitrogens with zero attached hydrogens (tertiary/aromatic N) is 3. The van der Waals surface area contributed by atoms with Gasteiger partial charge < -0.3 is 24.0 Å². The Morgan fingerprint density at radius 2 is 1.67 bits per heavy atom. The van der Waals surface area contributed by atoms with Crippen molar-refractivity contribution >= 4 is 48.5 Å². The Morgan fingerprint density at radius 3 is 2.27 bits per heavy atom. The molecule has 3 aromatic carbocycles. The van der Waals surface area contributed by atoms with Gasteiger partial charge in [0.15, 0.2) is 17.5 Å². The third kappa shape index (κ3) is 9.71. The third-order valence-corrected chi connectivity index (χ3v) is 7.32. The minimum Gasteiger partial charge on any atom is -0.424 e. The molecule has 0 spiro atoms. The maximum absolute atomic E-state index is 13.8. The minimum atomic E-state index is -4.87. The molecule has 15 nitrogen and oxygen atoms in total. The molecule has 0 aliphatic rings. The number of anilines is 1. The molecule has 0 aliphatic carbocycles. The van der Waals surface area contributed by atoms with Crippen molar-refractivity contribution < 1.29 is 69.4 Å². The monoisotopic (exact) mass is 743 g/mol. The number of methoxy groups -OCH3 is 1. The summed E-state index contributed by atoms with van der Waals surface area (Å²) >= 11 is 0. The normalized spacial score (nSPS) is 12.3. The zero-order valence-corrected chi connectivity index (χ0v) is 27.2. The summed E-state index contributed by atoms with van der Waals surface area (Å²) in [5.41, 5.74) is -1.79. The van der Waals surface area contributed by atoms with E-state index in [1.165, 1.54) is 38.3 Å². The smallest absolute Gasteiger partial charge is 0.424 e. The van der Waals surface area contributed by atoms with Gasteiger partial charge in [0.1, 0.15) is 0 Å². The molecular weight excluding hydrogens is 716 g/mol. The molecule has 0 bridgehead atoms. The van der Waals surface area contributed by atoms with E-state index >= 15 is 0 Å². The highest BCUT2D eigenvalue weighted by molar-refractivity contribution is 7.46. The van der Waals surface area contributed by atoms with Crippen molar-refractivity contribution in [2.75, 3.05) is 25.4 Å². The lowest BCUT2D eigenvalue weighted by Crippen LogP contribution is -2.49. The molecule has 1 amide bonds. The van der Waals surface area contributed by atoms with Crippen LogP contribution >= 0.6 is 7.82 Å². The number of halogens is 5. The van der Waals surface area contributed by atoms with Gasteiger partial charge in [-0.2, -0.15) is 17.9 Å². The molecule has 0 fully saturated rings. The van der Waals surface area contributed by atoms with Crippen LogP contribution in [0.2, 0.25) is 0 Å². The number of rotatable bonds is 11. The summed E-state index contributed by atoms with van der Waals surface area (Å²) in [4.78, 5) is 57.1. The van der Waals surface area contributed by atoms with Gasteiger partial charge in [0.25, 0.3) is 5.91 Å². The van der Waals surface area contributed by atoms with Crippen LogP contribution in [0, 0.1) is 17.0 Å². The van der Waals surface area contributed by atoms with Gasteiger partial charge in [-0.1, -0.05) is 12.1 Å². The number of hydrogen-bond acceptors (Lipinski definition) is 10. The lowest BCUT2D eigenvalue weighted by Gasteiger charge is -2.29. The van der Waals surface area contributed by atoms with Crippen LogP contribution in [0.15, 0.2) is 60.7 Å². The minimum absolute atomic E-state index is 0.0701. The highest BCUT2D eigenvalue weighted by Crippen LogP contribution is 2.37. The van der Waals surface area contributed by atoms with E-state index in [4.69, 9.17) is 29.4 Å². The van der Waals surface area contributed by atoms with Crippen molar-refractivity contribution in [1.29, 1.82) is 5.41 Å². The Labute approximate surface area is 284 Å². The molecule has 21 heteroatoms. The second kappa shape index (κ2) is 15.7. The number of phosphoric acid groups is 1. The molecule has 0 aliphatic heterocycles. The van der Waals surface area contributed by atoms with Crippen molar-refractivity contribution in [3.63, 3.8) is 0 Å². The lowest BCUT2D eigenvalue weighted by molar-refractivity contribution is -0.137. The van der Waals surface area contributed by atoms with Gasteiger partial charge in [0.2, 0.25) is 12.8 Å². The van der Waals surface area contributed by atoms with Crippen molar-refractivity contribution in [2.24, 2.45) is 0 Å². The molecular formula is C30H27F5N5O10P. The van der Waals surface area contributed by atoms with Crippen LogP contribution in [0.25, 0.3) is 10.9 Å². The zero-order valence-electron chi connectivity index (χ0n) is 26.3. The van der Waals surface area contributed by atoms with Gasteiger partial charge in [0, 0.05) is 18.1 Å². The topological polar surface area (TPSA) is 203 Å². The second-order valence-corrected chi connectivity index (χ2v) is 11.7. The Morgan fingerprint density at radius 1 is 1.00 bits per heavy atom. The molecule has 1 heterocycles. The van der Waals surface area contributed by atoms with Crippen LogP contribution in [-0.2, 0) is 36.1 Å². The van der Waals surface area contributed by atoms with E-state index in [1.807, 2.05) is 0 Å². The number of aromatic nitrogens is 2. The number of phosphoric ester groups is 1. The first-order valence-electron chi connectivity index (χ1n) is 14.3. The van der Waals surface area contributed by atoms with Crippen LogP contribution in [0.3, 0.4) is 0 Å².